The lowest BCUT2D eigenvalue weighted by Gasteiger charge is -2.40. The summed E-state index contributed by atoms with van der Waals surface area (Å²) in [6, 6.07) is 0. The van der Waals surface area contributed by atoms with Crippen molar-refractivity contribution in [2.45, 2.75) is 18.9 Å². The second-order valence-electron chi connectivity index (χ2n) is 4.50. The molecule has 2 aliphatic rings. The first-order chi connectivity index (χ1) is 6.66. The molecule has 0 spiro atoms. The number of aliphatic hydroxyl groups is 1. The van der Waals surface area contributed by atoms with Crippen molar-refractivity contribution in [3.05, 3.63) is 0 Å². The Labute approximate surface area is 84.5 Å². The molecule has 1 unspecified atom stereocenters. The van der Waals surface area contributed by atoms with Crippen LogP contribution in [0.15, 0.2) is 0 Å². The second-order valence-corrected chi connectivity index (χ2v) is 4.50. The van der Waals surface area contributed by atoms with Gasteiger partial charge in [-0.1, -0.05) is 0 Å². The molecule has 14 heavy (non-hydrogen) atoms. The zero-order valence-corrected chi connectivity index (χ0v) is 8.65. The number of carbonyl (C=O) groups excluding carboxylic acids is 1. The molecule has 1 N–H and O–H groups in total. The first-order valence-corrected chi connectivity index (χ1v) is 5.32. The van der Waals surface area contributed by atoms with Crippen molar-refractivity contribution in [2.75, 3.05) is 33.2 Å². The van der Waals surface area contributed by atoms with Crippen molar-refractivity contribution in [1.29, 1.82) is 0 Å². The molecule has 0 aliphatic carbocycles. The first-order valence-electron chi connectivity index (χ1n) is 5.32. The molecule has 4 nitrogen and oxygen atoms in total. The summed E-state index contributed by atoms with van der Waals surface area (Å²) in [6.45, 7) is 3.13. The molecular formula is C10H18N2O2. The molecule has 2 fully saturated rings. The molecule has 80 valence electrons. The summed E-state index contributed by atoms with van der Waals surface area (Å²) < 4.78 is 0. The number of hydrogen-bond donors (Lipinski definition) is 1. The Bertz CT molecular complexity index is 226. The van der Waals surface area contributed by atoms with E-state index in [4.69, 9.17) is 0 Å². The third-order valence-electron chi connectivity index (χ3n) is 3.12. The zero-order chi connectivity index (χ0) is 10.1. The van der Waals surface area contributed by atoms with Gasteiger partial charge in [0.2, 0.25) is 5.91 Å². The number of amides is 1. The number of piperidine rings is 1. The third-order valence-corrected chi connectivity index (χ3v) is 3.12. The van der Waals surface area contributed by atoms with Gasteiger partial charge in [-0.3, -0.25) is 4.79 Å². The van der Waals surface area contributed by atoms with E-state index >= 15 is 0 Å². The maximum Gasteiger partial charge on any atom is 0.228 e. The molecule has 1 atom stereocenters. The number of carbonyl (C=O) groups is 1. The van der Waals surface area contributed by atoms with E-state index in [1.54, 1.807) is 0 Å². The summed E-state index contributed by atoms with van der Waals surface area (Å²) in [4.78, 5) is 15.8. The van der Waals surface area contributed by atoms with Crippen LogP contribution in [-0.4, -0.2) is 60.1 Å². The topological polar surface area (TPSA) is 43.8 Å². The highest BCUT2D eigenvalue weighted by Crippen LogP contribution is 2.19. The normalized spacial score (nSPS) is 30.1. The van der Waals surface area contributed by atoms with Crippen molar-refractivity contribution in [1.82, 2.24) is 9.80 Å². The van der Waals surface area contributed by atoms with Gasteiger partial charge in [-0.05, 0) is 19.9 Å². The lowest BCUT2D eigenvalue weighted by Crippen LogP contribution is -2.55. The molecule has 2 rings (SSSR count). The van der Waals surface area contributed by atoms with Crippen LogP contribution in [0.5, 0.6) is 0 Å². The number of rotatable bonds is 1. The highest BCUT2D eigenvalue weighted by Gasteiger charge is 2.34. The van der Waals surface area contributed by atoms with Gasteiger partial charge >= 0.3 is 0 Å². The summed E-state index contributed by atoms with van der Waals surface area (Å²) in [6.07, 6.45) is 1.48. The van der Waals surface area contributed by atoms with E-state index in [0.717, 1.165) is 32.5 Å². The average molecular weight is 198 g/mol. The SMILES string of the molecule is CN1CC(C(=O)N2CCCC(O)C2)C1. The van der Waals surface area contributed by atoms with Crippen molar-refractivity contribution < 1.29 is 9.90 Å². The molecule has 0 radical (unpaired) electrons. The lowest BCUT2D eigenvalue weighted by atomic mass is 9.97. The molecule has 1 amide bonds. The lowest BCUT2D eigenvalue weighted by molar-refractivity contribution is -0.143. The largest absolute Gasteiger partial charge is 0.391 e. The van der Waals surface area contributed by atoms with E-state index in [9.17, 15) is 9.90 Å². The first kappa shape index (κ1) is 9.93. The smallest absolute Gasteiger partial charge is 0.228 e. The quantitative estimate of drug-likeness (QED) is 0.619. The molecule has 0 aromatic rings. The number of aliphatic hydroxyl groups excluding tert-OH is 1. The maximum absolute atomic E-state index is 11.9. The summed E-state index contributed by atoms with van der Waals surface area (Å²) in [5, 5.41) is 9.45. The molecule has 2 aliphatic heterocycles. The molecule has 0 aromatic heterocycles. The molecule has 2 heterocycles. The maximum atomic E-state index is 11.9. The van der Waals surface area contributed by atoms with Gasteiger partial charge in [-0.2, -0.15) is 0 Å². The van der Waals surface area contributed by atoms with Crippen LogP contribution in [0.1, 0.15) is 12.8 Å². The number of hydrogen-bond acceptors (Lipinski definition) is 3. The number of likely N-dealkylation sites (tertiary alicyclic amines) is 2. The number of β-amino-alcohol motifs (C(OH)–C–C–N with tert-alkyl or cyclic N) is 1. The second kappa shape index (κ2) is 3.87. The Kier molecular flexibility index (Phi) is 2.74. The Morgan fingerprint density at radius 3 is 2.64 bits per heavy atom. The standard InChI is InChI=1S/C10H18N2O2/c1-11-5-8(6-11)10(14)12-4-2-3-9(13)7-12/h8-9,13H,2-7H2,1H3. The Morgan fingerprint density at radius 1 is 1.36 bits per heavy atom. The van der Waals surface area contributed by atoms with Crippen LogP contribution in [0, 0.1) is 5.92 Å². The minimum absolute atomic E-state index is 0.185. The molecule has 0 aromatic carbocycles. The summed E-state index contributed by atoms with van der Waals surface area (Å²) in [5.41, 5.74) is 0. The minimum Gasteiger partial charge on any atom is -0.391 e. The van der Waals surface area contributed by atoms with Crippen LogP contribution in [0.4, 0.5) is 0 Å². The highest BCUT2D eigenvalue weighted by molar-refractivity contribution is 5.80. The molecule has 4 heteroatoms. The predicted molar refractivity (Wildman–Crippen MR) is 52.8 cm³/mol. The zero-order valence-electron chi connectivity index (χ0n) is 8.65. The van der Waals surface area contributed by atoms with Gasteiger partial charge in [-0.25, -0.2) is 0 Å². The van der Waals surface area contributed by atoms with E-state index in [2.05, 4.69) is 4.90 Å². The van der Waals surface area contributed by atoms with E-state index in [-0.39, 0.29) is 17.9 Å². The molecule has 2 saturated heterocycles. The van der Waals surface area contributed by atoms with Gasteiger partial charge in [-0.15, -0.1) is 0 Å². The molecular weight excluding hydrogens is 180 g/mol. The molecule has 0 bridgehead atoms. The Hall–Kier alpha value is -0.610. The van der Waals surface area contributed by atoms with Crippen molar-refractivity contribution in [2.24, 2.45) is 5.92 Å². The van der Waals surface area contributed by atoms with Crippen LogP contribution in [0.25, 0.3) is 0 Å². The van der Waals surface area contributed by atoms with E-state index < -0.39 is 0 Å². The summed E-state index contributed by atoms with van der Waals surface area (Å²) >= 11 is 0. The third kappa shape index (κ3) is 1.91. The fourth-order valence-corrected chi connectivity index (χ4v) is 2.27. The van der Waals surface area contributed by atoms with Gasteiger partial charge in [0.25, 0.3) is 0 Å². The highest BCUT2D eigenvalue weighted by atomic mass is 16.3. The Morgan fingerprint density at radius 2 is 2.07 bits per heavy atom. The summed E-state index contributed by atoms with van der Waals surface area (Å²) in [7, 11) is 2.02. The Balaban J connectivity index is 1.85. The minimum atomic E-state index is -0.300. The van der Waals surface area contributed by atoms with Crippen molar-refractivity contribution >= 4 is 5.91 Å². The van der Waals surface area contributed by atoms with Crippen molar-refractivity contribution in [3.8, 4) is 0 Å². The van der Waals surface area contributed by atoms with Crippen LogP contribution in [0.3, 0.4) is 0 Å². The van der Waals surface area contributed by atoms with Crippen LogP contribution < -0.4 is 0 Å². The van der Waals surface area contributed by atoms with Gasteiger partial charge in [0, 0.05) is 26.2 Å². The monoisotopic (exact) mass is 198 g/mol. The van der Waals surface area contributed by atoms with Gasteiger partial charge in [0.05, 0.1) is 12.0 Å². The average Bonchev–Trinajstić information content (AvgIpc) is 2.12. The van der Waals surface area contributed by atoms with Crippen molar-refractivity contribution in [3.63, 3.8) is 0 Å². The fraction of sp³-hybridized carbons (Fsp3) is 0.900. The van der Waals surface area contributed by atoms with Gasteiger partial charge in [0.1, 0.15) is 0 Å². The van der Waals surface area contributed by atoms with E-state index in [1.807, 2.05) is 11.9 Å². The fourth-order valence-electron chi connectivity index (χ4n) is 2.27. The van der Waals surface area contributed by atoms with Crippen LogP contribution in [-0.2, 0) is 4.79 Å². The van der Waals surface area contributed by atoms with E-state index in [0.29, 0.717) is 6.54 Å². The van der Waals surface area contributed by atoms with Gasteiger partial charge in [0.15, 0.2) is 0 Å². The van der Waals surface area contributed by atoms with Gasteiger partial charge < -0.3 is 14.9 Å². The van der Waals surface area contributed by atoms with Crippen LogP contribution >= 0.6 is 0 Å². The predicted octanol–water partition coefficient (Wildman–Crippen LogP) is -0.469. The molecule has 0 saturated carbocycles. The van der Waals surface area contributed by atoms with Crippen LogP contribution in [0.2, 0.25) is 0 Å². The summed E-state index contributed by atoms with van der Waals surface area (Å²) in [5.74, 6) is 0.423. The number of nitrogens with zero attached hydrogens (tertiary/aromatic N) is 2. The van der Waals surface area contributed by atoms with E-state index in [1.165, 1.54) is 0 Å².